The molecule has 2 aromatic rings. The zero-order valence-corrected chi connectivity index (χ0v) is 23.4. The minimum Gasteiger partial charge on any atom is -0.369 e. The van der Waals surface area contributed by atoms with Crippen molar-refractivity contribution in [1.29, 1.82) is 0 Å². The number of benzene rings is 2. The maximum atomic E-state index is 13.9. The third-order valence-corrected chi connectivity index (χ3v) is 9.38. The summed E-state index contributed by atoms with van der Waals surface area (Å²) in [7, 11) is -3.64. The molecule has 0 aromatic heterocycles. The minimum atomic E-state index is -3.64. The van der Waals surface area contributed by atoms with Crippen LogP contribution in [0.2, 0.25) is 5.02 Å². The maximum absolute atomic E-state index is 13.9. The van der Waals surface area contributed by atoms with Crippen molar-refractivity contribution >= 4 is 49.2 Å². The molecule has 2 fully saturated rings. The predicted molar refractivity (Wildman–Crippen MR) is 147 cm³/mol. The molecule has 1 saturated carbocycles. The molecule has 1 atom stereocenters. The Hall–Kier alpha value is -1.88. The molecular formula is C25H32BrClFN5O2S. The van der Waals surface area contributed by atoms with Gasteiger partial charge in [-0.3, -0.25) is 4.99 Å². The van der Waals surface area contributed by atoms with Crippen LogP contribution in [0.4, 0.5) is 10.1 Å². The van der Waals surface area contributed by atoms with Gasteiger partial charge in [-0.15, -0.1) is 0 Å². The summed E-state index contributed by atoms with van der Waals surface area (Å²) < 4.78 is 42.6. The molecule has 7 nitrogen and oxygen atoms in total. The van der Waals surface area contributed by atoms with Crippen molar-refractivity contribution in [3.8, 4) is 0 Å². The van der Waals surface area contributed by atoms with E-state index in [1.807, 2.05) is 19.1 Å². The zero-order valence-electron chi connectivity index (χ0n) is 20.2. The minimum absolute atomic E-state index is 0.118. The van der Waals surface area contributed by atoms with E-state index in [1.165, 1.54) is 25.3 Å². The fraction of sp³-hybridized carbons (Fsp3) is 0.480. The zero-order chi connectivity index (χ0) is 25.7. The molecule has 3 N–H and O–H groups in total. The molecule has 196 valence electrons. The van der Waals surface area contributed by atoms with E-state index in [9.17, 15) is 12.8 Å². The van der Waals surface area contributed by atoms with E-state index >= 15 is 0 Å². The van der Waals surface area contributed by atoms with Gasteiger partial charge in [-0.05, 0) is 83.9 Å². The molecule has 0 bridgehead atoms. The highest BCUT2D eigenvalue weighted by atomic mass is 79.9. The van der Waals surface area contributed by atoms with E-state index in [4.69, 9.17) is 16.6 Å². The summed E-state index contributed by atoms with van der Waals surface area (Å²) in [5, 5.41) is 6.88. The van der Waals surface area contributed by atoms with E-state index in [-0.39, 0.29) is 22.5 Å². The first kappa shape index (κ1) is 27.2. The first-order valence-electron chi connectivity index (χ1n) is 12.2. The largest absolute Gasteiger partial charge is 0.369 e. The van der Waals surface area contributed by atoms with Gasteiger partial charge in [0.1, 0.15) is 5.82 Å². The van der Waals surface area contributed by atoms with E-state index in [0.29, 0.717) is 29.4 Å². The van der Waals surface area contributed by atoms with Crippen LogP contribution in [0.15, 0.2) is 50.8 Å². The predicted octanol–water partition coefficient (Wildman–Crippen LogP) is 4.44. The first-order valence-corrected chi connectivity index (χ1v) is 14.9. The topological polar surface area (TPSA) is 85.8 Å². The quantitative estimate of drug-likeness (QED) is 0.225. The molecule has 0 amide bonds. The first-order chi connectivity index (χ1) is 17.2. The standard InChI is InChI=1S/C25H32BrClFN5O2S/c1-17-5-7-21(26)24(13-17)36(34,35)31-11-10-29-25(30-15-18-3-2-4-18)32-19-9-12-33(16-19)20-6-8-22(27)23(28)14-20/h5-8,13-14,18-19,31H,2-4,9-12,15-16H2,1H3,(H2,29,30,32). The van der Waals surface area contributed by atoms with Crippen LogP contribution in [0.25, 0.3) is 0 Å². The second-order valence-electron chi connectivity index (χ2n) is 9.42. The Kier molecular flexibility index (Phi) is 9.14. The number of aliphatic imine (C=N–C) groups is 1. The molecule has 0 spiro atoms. The van der Waals surface area contributed by atoms with Crippen molar-refractivity contribution in [3.63, 3.8) is 0 Å². The SMILES string of the molecule is Cc1ccc(Br)c(S(=O)(=O)NCCNC(=NCC2CCC2)NC2CCN(c3ccc(Cl)c(F)c3)C2)c1. The van der Waals surface area contributed by atoms with Crippen molar-refractivity contribution in [1.82, 2.24) is 15.4 Å². The van der Waals surface area contributed by atoms with Gasteiger partial charge in [0, 0.05) is 48.9 Å². The van der Waals surface area contributed by atoms with Gasteiger partial charge < -0.3 is 15.5 Å². The Bertz CT molecular complexity index is 1210. The number of nitrogens with one attached hydrogen (secondary N) is 3. The molecule has 1 heterocycles. The van der Waals surface area contributed by atoms with Crippen molar-refractivity contribution < 1.29 is 12.8 Å². The second-order valence-corrected chi connectivity index (χ2v) is 12.4. The number of aryl methyl sites for hydroxylation is 1. The lowest BCUT2D eigenvalue weighted by molar-refractivity contribution is 0.325. The van der Waals surface area contributed by atoms with Crippen LogP contribution in [-0.2, 0) is 10.0 Å². The lowest BCUT2D eigenvalue weighted by atomic mass is 9.86. The Morgan fingerprint density at radius 1 is 1.19 bits per heavy atom. The smallest absolute Gasteiger partial charge is 0.241 e. The Morgan fingerprint density at radius 2 is 2.00 bits per heavy atom. The molecular weight excluding hydrogens is 569 g/mol. The summed E-state index contributed by atoms with van der Waals surface area (Å²) in [5.41, 5.74) is 1.68. The Balaban J connectivity index is 1.32. The van der Waals surface area contributed by atoms with Gasteiger partial charge in [0.2, 0.25) is 10.0 Å². The molecule has 36 heavy (non-hydrogen) atoms. The fourth-order valence-electron chi connectivity index (χ4n) is 4.30. The average Bonchev–Trinajstić information content (AvgIpc) is 3.27. The summed E-state index contributed by atoms with van der Waals surface area (Å²) in [6, 6.07) is 10.2. The van der Waals surface area contributed by atoms with Crippen molar-refractivity contribution in [2.75, 3.05) is 37.6 Å². The number of anilines is 1. The molecule has 0 radical (unpaired) electrons. The van der Waals surface area contributed by atoms with Gasteiger partial charge in [0.15, 0.2) is 5.96 Å². The summed E-state index contributed by atoms with van der Waals surface area (Å²) in [6.45, 7) is 4.71. The molecule has 1 aliphatic carbocycles. The lowest BCUT2D eigenvalue weighted by Gasteiger charge is -2.25. The van der Waals surface area contributed by atoms with Gasteiger partial charge >= 0.3 is 0 Å². The highest BCUT2D eigenvalue weighted by molar-refractivity contribution is 9.10. The van der Waals surface area contributed by atoms with E-state index < -0.39 is 15.8 Å². The molecule has 2 aromatic carbocycles. The number of hydrogen-bond donors (Lipinski definition) is 3. The summed E-state index contributed by atoms with van der Waals surface area (Å²) in [4.78, 5) is 7.11. The van der Waals surface area contributed by atoms with Gasteiger partial charge in [0.05, 0.1) is 9.92 Å². The number of hydrogen-bond acceptors (Lipinski definition) is 4. The van der Waals surface area contributed by atoms with Gasteiger partial charge in [-0.1, -0.05) is 24.1 Å². The molecule has 4 rings (SSSR count). The second kappa shape index (κ2) is 12.1. The fourth-order valence-corrected chi connectivity index (χ4v) is 6.49. The van der Waals surface area contributed by atoms with Crippen molar-refractivity contribution in [3.05, 3.63) is 57.3 Å². The van der Waals surface area contributed by atoms with E-state index in [2.05, 4.69) is 36.2 Å². The van der Waals surface area contributed by atoms with Crippen LogP contribution in [-0.4, -0.2) is 53.1 Å². The number of guanidine groups is 1. The van der Waals surface area contributed by atoms with E-state index in [0.717, 1.165) is 30.8 Å². The van der Waals surface area contributed by atoms with Crippen LogP contribution in [0.3, 0.4) is 0 Å². The van der Waals surface area contributed by atoms with Crippen LogP contribution < -0.4 is 20.3 Å². The van der Waals surface area contributed by atoms with Gasteiger partial charge in [0.25, 0.3) is 0 Å². The lowest BCUT2D eigenvalue weighted by Crippen LogP contribution is -2.47. The van der Waals surface area contributed by atoms with Crippen LogP contribution in [0.1, 0.15) is 31.2 Å². The maximum Gasteiger partial charge on any atom is 0.241 e. The van der Waals surface area contributed by atoms with E-state index in [1.54, 1.807) is 18.2 Å². The number of halogens is 3. The number of rotatable bonds is 9. The molecule has 1 unspecified atom stereocenters. The Labute approximate surface area is 226 Å². The van der Waals surface area contributed by atoms with Crippen molar-refractivity contribution in [2.45, 2.75) is 43.5 Å². The molecule has 2 aliphatic rings. The molecule has 1 aliphatic heterocycles. The highest BCUT2D eigenvalue weighted by Gasteiger charge is 2.25. The third kappa shape index (κ3) is 7.12. The summed E-state index contributed by atoms with van der Waals surface area (Å²) in [6.07, 6.45) is 4.52. The van der Waals surface area contributed by atoms with Crippen molar-refractivity contribution in [2.24, 2.45) is 10.9 Å². The normalized spacial score (nSPS) is 18.8. The van der Waals surface area contributed by atoms with Crippen LogP contribution in [0, 0.1) is 18.7 Å². The average molecular weight is 601 g/mol. The highest BCUT2D eigenvalue weighted by Crippen LogP contribution is 2.27. The van der Waals surface area contributed by atoms with Crippen LogP contribution >= 0.6 is 27.5 Å². The molecule has 11 heteroatoms. The number of sulfonamides is 1. The van der Waals surface area contributed by atoms with Gasteiger partial charge in [-0.25, -0.2) is 17.5 Å². The molecule has 1 saturated heterocycles. The van der Waals surface area contributed by atoms with Crippen LogP contribution in [0.5, 0.6) is 0 Å². The Morgan fingerprint density at radius 3 is 2.72 bits per heavy atom. The monoisotopic (exact) mass is 599 g/mol. The van der Waals surface area contributed by atoms with Gasteiger partial charge in [-0.2, -0.15) is 0 Å². The number of nitrogens with zero attached hydrogens (tertiary/aromatic N) is 2. The third-order valence-electron chi connectivity index (χ3n) is 6.62. The summed E-state index contributed by atoms with van der Waals surface area (Å²) in [5.74, 6) is 0.861. The summed E-state index contributed by atoms with van der Waals surface area (Å²) >= 11 is 9.15.